The average molecular weight is 341 g/mol. The van der Waals surface area contributed by atoms with E-state index in [1.807, 2.05) is 0 Å². The Labute approximate surface area is 122 Å². The van der Waals surface area contributed by atoms with Gasteiger partial charge in [-0.15, -0.1) is 0 Å². The first-order chi connectivity index (χ1) is 9.43. The van der Waals surface area contributed by atoms with Crippen molar-refractivity contribution >= 4 is 21.9 Å². The van der Waals surface area contributed by atoms with E-state index in [1.54, 1.807) is 13.0 Å². The molecule has 0 aliphatic carbocycles. The molecule has 2 rings (SSSR count). The second kappa shape index (κ2) is 5.54. The second-order valence-electron chi connectivity index (χ2n) is 4.02. The van der Waals surface area contributed by atoms with Crippen molar-refractivity contribution in [2.75, 3.05) is 7.11 Å². The summed E-state index contributed by atoms with van der Waals surface area (Å²) in [5.74, 6) is -1.30. The van der Waals surface area contributed by atoms with Crippen LogP contribution in [0.3, 0.4) is 0 Å². The fourth-order valence-corrected chi connectivity index (χ4v) is 1.85. The van der Waals surface area contributed by atoms with Gasteiger partial charge in [0.25, 0.3) is 0 Å². The molecule has 7 heteroatoms. The van der Waals surface area contributed by atoms with Crippen LogP contribution in [0.25, 0.3) is 5.69 Å². The maximum absolute atomic E-state index is 13.5. The summed E-state index contributed by atoms with van der Waals surface area (Å²) >= 11 is 3.05. The van der Waals surface area contributed by atoms with Gasteiger partial charge in [0.05, 0.1) is 17.3 Å². The fourth-order valence-electron chi connectivity index (χ4n) is 1.60. The van der Waals surface area contributed by atoms with E-state index < -0.39 is 17.2 Å². The average Bonchev–Trinajstić information content (AvgIpc) is 2.44. The third kappa shape index (κ3) is 2.62. The number of carbonyl (C=O) groups is 1. The molecule has 2 aromatic rings. The summed E-state index contributed by atoms with van der Waals surface area (Å²) in [5.41, 5.74) is -0.149. The number of nitrogens with zero attached hydrogens (tertiary/aromatic N) is 2. The standard InChI is InChI=1S/C13H10BrFN2O3/c1-7-6-17(8-3-4-9(14)10(15)5-8)16-11(12(7)18)13(19)20-2/h3-6H,1-2H3. The molecule has 0 fully saturated rings. The van der Waals surface area contributed by atoms with Crippen molar-refractivity contribution in [3.63, 3.8) is 0 Å². The number of carbonyl (C=O) groups excluding carboxylic acids is 1. The van der Waals surface area contributed by atoms with Gasteiger partial charge in [0.1, 0.15) is 5.82 Å². The zero-order valence-corrected chi connectivity index (χ0v) is 12.3. The minimum Gasteiger partial charge on any atom is -0.464 e. The molecule has 0 bridgehead atoms. The normalized spacial score (nSPS) is 10.4. The summed E-state index contributed by atoms with van der Waals surface area (Å²) in [6.07, 6.45) is 1.43. The summed E-state index contributed by atoms with van der Waals surface area (Å²) < 4.78 is 19.6. The van der Waals surface area contributed by atoms with Gasteiger partial charge in [-0.3, -0.25) is 4.79 Å². The van der Waals surface area contributed by atoms with Crippen LogP contribution >= 0.6 is 15.9 Å². The number of halogens is 2. The van der Waals surface area contributed by atoms with Crippen LogP contribution in [-0.4, -0.2) is 22.9 Å². The van der Waals surface area contributed by atoms with Crippen LogP contribution in [0.2, 0.25) is 0 Å². The van der Waals surface area contributed by atoms with Crippen LogP contribution in [0.1, 0.15) is 16.1 Å². The van der Waals surface area contributed by atoms with E-state index >= 15 is 0 Å². The Kier molecular flexibility index (Phi) is 3.99. The van der Waals surface area contributed by atoms with Gasteiger partial charge in [-0.05, 0) is 35.0 Å². The summed E-state index contributed by atoms with van der Waals surface area (Å²) in [5, 5.41) is 3.89. The third-order valence-corrected chi connectivity index (χ3v) is 3.29. The van der Waals surface area contributed by atoms with E-state index in [9.17, 15) is 14.0 Å². The Morgan fingerprint density at radius 2 is 2.15 bits per heavy atom. The van der Waals surface area contributed by atoms with Crippen LogP contribution in [0.4, 0.5) is 4.39 Å². The maximum Gasteiger partial charge on any atom is 0.362 e. The van der Waals surface area contributed by atoms with Crippen molar-refractivity contribution in [2.24, 2.45) is 0 Å². The van der Waals surface area contributed by atoms with Crippen molar-refractivity contribution in [2.45, 2.75) is 6.92 Å². The first-order valence-electron chi connectivity index (χ1n) is 5.58. The van der Waals surface area contributed by atoms with Gasteiger partial charge < -0.3 is 4.74 Å². The molecule has 0 aliphatic rings. The van der Waals surface area contributed by atoms with Crippen LogP contribution in [0.5, 0.6) is 0 Å². The van der Waals surface area contributed by atoms with Crippen molar-refractivity contribution in [1.82, 2.24) is 9.78 Å². The molecular weight excluding hydrogens is 331 g/mol. The predicted molar refractivity (Wildman–Crippen MR) is 73.6 cm³/mol. The lowest BCUT2D eigenvalue weighted by atomic mass is 10.2. The number of methoxy groups -OCH3 is 1. The molecule has 0 aliphatic heterocycles. The van der Waals surface area contributed by atoms with Gasteiger partial charge in [-0.25, -0.2) is 13.9 Å². The molecule has 1 aromatic carbocycles. The Hall–Kier alpha value is -2.02. The molecule has 104 valence electrons. The number of benzene rings is 1. The topological polar surface area (TPSA) is 61.2 Å². The van der Waals surface area contributed by atoms with Crippen molar-refractivity contribution in [3.05, 3.63) is 56.2 Å². The van der Waals surface area contributed by atoms with Gasteiger partial charge in [0.15, 0.2) is 0 Å². The molecule has 0 radical (unpaired) electrons. The second-order valence-corrected chi connectivity index (χ2v) is 4.88. The Morgan fingerprint density at radius 3 is 2.75 bits per heavy atom. The lowest BCUT2D eigenvalue weighted by Crippen LogP contribution is -2.24. The highest BCUT2D eigenvalue weighted by Crippen LogP contribution is 2.18. The van der Waals surface area contributed by atoms with Crippen LogP contribution in [0.15, 0.2) is 33.7 Å². The zero-order valence-electron chi connectivity index (χ0n) is 10.7. The molecule has 1 heterocycles. The van der Waals surface area contributed by atoms with Gasteiger partial charge in [-0.1, -0.05) is 0 Å². The van der Waals surface area contributed by atoms with E-state index in [2.05, 4.69) is 25.8 Å². The first-order valence-corrected chi connectivity index (χ1v) is 6.37. The number of aromatic nitrogens is 2. The molecule has 0 spiro atoms. The zero-order chi connectivity index (χ0) is 14.9. The number of esters is 1. The first kappa shape index (κ1) is 14.4. The van der Waals surface area contributed by atoms with E-state index in [1.165, 1.54) is 23.0 Å². The smallest absolute Gasteiger partial charge is 0.362 e. The van der Waals surface area contributed by atoms with Gasteiger partial charge >= 0.3 is 5.97 Å². The molecule has 0 saturated carbocycles. The van der Waals surface area contributed by atoms with Gasteiger partial charge in [-0.2, -0.15) is 5.10 Å². The summed E-state index contributed by atoms with van der Waals surface area (Å²) in [7, 11) is 1.16. The molecular formula is C13H10BrFN2O3. The fraction of sp³-hybridized carbons (Fsp3) is 0.154. The monoisotopic (exact) mass is 340 g/mol. The molecule has 0 unspecified atom stereocenters. The lowest BCUT2D eigenvalue weighted by molar-refractivity contribution is 0.0590. The minimum atomic E-state index is -0.829. The summed E-state index contributed by atoms with van der Waals surface area (Å²) in [6, 6.07) is 4.35. The molecule has 0 amide bonds. The van der Waals surface area contributed by atoms with E-state index in [-0.39, 0.29) is 5.69 Å². The third-order valence-electron chi connectivity index (χ3n) is 2.64. The molecule has 1 aromatic heterocycles. The largest absolute Gasteiger partial charge is 0.464 e. The SMILES string of the molecule is COC(=O)c1nn(-c2ccc(Br)c(F)c2)cc(C)c1=O. The van der Waals surface area contributed by atoms with Crippen molar-refractivity contribution in [3.8, 4) is 5.69 Å². The summed E-state index contributed by atoms with van der Waals surface area (Å²) in [6.45, 7) is 1.54. The number of aryl methyl sites for hydroxylation is 1. The van der Waals surface area contributed by atoms with Crippen molar-refractivity contribution < 1.29 is 13.9 Å². The maximum atomic E-state index is 13.5. The van der Waals surface area contributed by atoms with E-state index in [4.69, 9.17) is 0 Å². The van der Waals surface area contributed by atoms with Gasteiger partial charge in [0.2, 0.25) is 11.1 Å². The highest BCUT2D eigenvalue weighted by atomic mass is 79.9. The van der Waals surface area contributed by atoms with Crippen LogP contribution in [-0.2, 0) is 4.74 Å². The Morgan fingerprint density at radius 1 is 1.45 bits per heavy atom. The molecule has 5 nitrogen and oxygen atoms in total. The van der Waals surface area contributed by atoms with Crippen LogP contribution < -0.4 is 5.43 Å². The summed E-state index contributed by atoms with van der Waals surface area (Å²) in [4.78, 5) is 23.3. The quantitative estimate of drug-likeness (QED) is 0.786. The molecule has 0 atom stereocenters. The minimum absolute atomic E-state index is 0.309. The number of rotatable bonds is 2. The molecule has 0 N–H and O–H groups in total. The number of ether oxygens (including phenoxy) is 1. The highest BCUT2D eigenvalue weighted by molar-refractivity contribution is 9.10. The predicted octanol–water partition coefficient (Wildman–Crippen LogP) is 2.23. The van der Waals surface area contributed by atoms with Gasteiger partial charge in [0, 0.05) is 17.8 Å². The number of hydrogen-bond acceptors (Lipinski definition) is 4. The lowest BCUT2D eigenvalue weighted by Gasteiger charge is -2.09. The van der Waals surface area contributed by atoms with E-state index in [0.29, 0.717) is 15.7 Å². The molecule has 20 heavy (non-hydrogen) atoms. The van der Waals surface area contributed by atoms with E-state index in [0.717, 1.165) is 7.11 Å². The highest BCUT2D eigenvalue weighted by Gasteiger charge is 2.16. The number of hydrogen-bond donors (Lipinski definition) is 0. The molecule has 0 saturated heterocycles. The van der Waals surface area contributed by atoms with Crippen molar-refractivity contribution in [1.29, 1.82) is 0 Å². The van der Waals surface area contributed by atoms with Crippen LogP contribution in [0, 0.1) is 12.7 Å². The Balaban J connectivity index is 2.63. The Bertz CT molecular complexity index is 743.